The lowest BCUT2D eigenvalue weighted by atomic mass is 10.0. The minimum absolute atomic E-state index is 0.0511. The van der Waals surface area contributed by atoms with Crippen LogP contribution in [0, 0.1) is 10.1 Å². The molecule has 1 amide bonds. The van der Waals surface area contributed by atoms with E-state index in [4.69, 9.17) is 5.11 Å². The van der Waals surface area contributed by atoms with Gasteiger partial charge in [-0.1, -0.05) is 0 Å². The number of fused-ring (bicyclic) bond motifs is 1. The smallest absolute Gasteiger partial charge is 0.404 e. The van der Waals surface area contributed by atoms with Crippen molar-refractivity contribution in [3.63, 3.8) is 0 Å². The average Bonchev–Trinajstić information content (AvgIpc) is 2.85. The van der Waals surface area contributed by atoms with Gasteiger partial charge in [-0.25, -0.2) is 4.79 Å². The number of piperidine rings is 1. The predicted molar refractivity (Wildman–Crippen MR) is 83.8 cm³/mol. The summed E-state index contributed by atoms with van der Waals surface area (Å²) in [5, 5.41) is 27.6. The van der Waals surface area contributed by atoms with Gasteiger partial charge in [0.05, 0.1) is 10.4 Å². The fourth-order valence-electron chi connectivity index (χ4n) is 3.01. The number of hydrogen-bond donors (Lipinski definition) is 2. The molecule has 0 saturated carbocycles. The van der Waals surface area contributed by atoms with E-state index in [9.17, 15) is 14.9 Å². The third-order valence-corrected chi connectivity index (χ3v) is 4.08. The van der Waals surface area contributed by atoms with E-state index in [2.05, 4.69) is 10.4 Å². The van der Waals surface area contributed by atoms with Crippen LogP contribution >= 0.6 is 0 Å². The topological polar surface area (TPSA) is 114 Å². The minimum Gasteiger partial charge on any atom is -0.465 e. The Balaban J connectivity index is 1.88. The molecule has 1 aliphatic rings. The number of amides is 1. The fraction of sp³-hybridized carbons (Fsp3) is 0.429. The first kappa shape index (κ1) is 15.1. The molecular formula is C14H17N5O4. The highest BCUT2D eigenvalue weighted by Crippen LogP contribution is 2.34. The van der Waals surface area contributed by atoms with Gasteiger partial charge in [-0.15, -0.1) is 0 Å². The molecule has 1 aromatic carbocycles. The molecule has 0 atom stereocenters. The number of aryl methyl sites for hydroxylation is 1. The SMILES string of the molecule is Cn1cc2cc([N+](=O)[O-])c(N3CCC(NC(=O)O)CC3)cc2n1. The van der Waals surface area contributed by atoms with Crippen LogP contribution in [0.2, 0.25) is 0 Å². The zero-order valence-electron chi connectivity index (χ0n) is 12.6. The molecule has 1 aliphatic heterocycles. The monoisotopic (exact) mass is 319 g/mol. The quantitative estimate of drug-likeness (QED) is 0.657. The Kier molecular flexibility index (Phi) is 3.77. The third kappa shape index (κ3) is 3.03. The van der Waals surface area contributed by atoms with Crippen molar-refractivity contribution in [2.24, 2.45) is 7.05 Å². The van der Waals surface area contributed by atoms with Crippen molar-refractivity contribution < 1.29 is 14.8 Å². The van der Waals surface area contributed by atoms with Gasteiger partial charge < -0.3 is 15.3 Å². The van der Waals surface area contributed by atoms with Crippen molar-refractivity contribution >= 4 is 28.4 Å². The summed E-state index contributed by atoms with van der Waals surface area (Å²) in [7, 11) is 1.77. The normalized spacial score (nSPS) is 15.8. The van der Waals surface area contributed by atoms with Crippen LogP contribution in [0.25, 0.3) is 10.9 Å². The number of nitro groups is 1. The summed E-state index contributed by atoms with van der Waals surface area (Å²) in [6, 6.07) is 3.17. The van der Waals surface area contributed by atoms with Crippen LogP contribution in [0.4, 0.5) is 16.2 Å². The lowest BCUT2D eigenvalue weighted by molar-refractivity contribution is -0.384. The van der Waals surface area contributed by atoms with Crippen molar-refractivity contribution in [3.05, 3.63) is 28.4 Å². The summed E-state index contributed by atoms with van der Waals surface area (Å²) in [4.78, 5) is 23.6. The Morgan fingerprint density at radius 3 is 2.74 bits per heavy atom. The first-order chi connectivity index (χ1) is 10.9. The number of aromatic nitrogens is 2. The van der Waals surface area contributed by atoms with Crippen LogP contribution in [-0.2, 0) is 7.05 Å². The van der Waals surface area contributed by atoms with E-state index < -0.39 is 6.09 Å². The van der Waals surface area contributed by atoms with Gasteiger partial charge in [0.1, 0.15) is 5.69 Å². The lowest BCUT2D eigenvalue weighted by Crippen LogP contribution is -2.44. The molecule has 122 valence electrons. The molecule has 9 heteroatoms. The van der Waals surface area contributed by atoms with Gasteiger partial charge in [0.15, 0.2) is 0 Å². The van der Waals surface area contributed by atoms with Crippen LogP contribution in [0.15, 0.2) is 18.3 Å². The van der Waals surface area contributed by atoms with Crippen molar-refractivity contribution in [1.82, 2.24) is 15.1 Å². The van der Waals surface area contributed by atoms with E-state index in [1.165, 1.54) is 0 Å². The van der Waals surface area contributed by atoms with Gasteiger partial charge in [0.2, 0.25) is 0 Å². The number of rotatable bonds is 3. The molecule has 0 bridgehead atoms. The predicted octanol–water partition coefficient (Wildman–Crippen LogP) is 1.72. The molecule has 0 spiro atoms. The van der Waals surface area contributed by atoms with E-state index in [1.54, 1.807) is 30.1 Å². The van der Waals surface area contributed by atoms with Crippen molar-refractivity contribution in [2.45, 2.75) is 18.9 Å². The number of nitrogens with zero attached hydrogens (tertiary/aromatic N) is 4. The van der Waals surface area contributed by atoms with Crippen LogP contribution in [0.5, 0.6) is 0 Å². The Bertz CT molecular complexity index is 764. The molecule has 1 aromatic heterocycles. The second-order valence-corrected chi connectivity index (χ2v) is 5.67. The van der Waals surface area contributed by atoms with Gasteiger partial charge in [-0.2, -0.15) is 5.10 Å². The maximum absolute atomic E-state index is 11.4. The second kappa shape index (κ2) is 5.75. The van der Waals surface area contributed by atoms with E-state index in [0.29, 0.717) is 37.1 Å². The van der Waals surface area contributed by atoms with E-state index in [1.807, 2.05) is 4.90 Å². The number of nitrogens with one attached hydrogen (secondary N) is 1. The van der Waals surface area contributed by atoms with Crippen LogP contribution in [0.3, 0.4) is 0 Å². The summed E-state index contributed by atoms with van der Waals surface area (Å²) in [6.07, 6.45) is 1.94. The number of carbonyl (C=O) groups is 1. The maximum Gasteiger partial charge on any atom is 0.404 e. The number of anilines is 1. The summed E-state index contributed by atoms with van der Waals surface area (Å²) in [5.41, 5.74) is 1.30. The Morgan fingerprint density at radius 1 is 1.43 bits per heavy atom. The fourth-order valence-corrected chi connectivity index (χ4v) is 3.01. The summed E-state index contributed by atoms with van der Waals surface area (Å²) < 4.78 is 1.63. The lowest BCUT2D eigenvalue weighted by Gasteiger charge is -2.33. The highest BCUT2D eigenvalue weighted by molar-refractivity contribution is 5.87. The van der Waals surface area contributed by atoms with Crippen LogP contribution < -0.4 is 10.2 Å². The maximum atomic E-state index is 11.4. The van der Waals surface area contributed by atoms with Gasteiger partial charge in [-0.05, 0) is 18.9 Å². The minimum atomic E-state index is -1.04. The van der Waals surface area contributed by atoms with Gasteiger partial charge in [-0.3, -0.25) is 14.8 Å². The summed E-state index contributed by atoms with van der Waals surface area (Å²) in [6.45, 7) is 1.12. The molecule has 0 unspecified atom stereocenters. The summed E-state index contributed by atoms with van der Waals surface area (Å²) >= 11 is 0. The van der Waals surface area contributed by atoms with E-state index in [-0.39, 0.29) is 16.7 Å². The van der Waals surface area contributed by atoms with Crippen molar-refractivity contribution in [1.29, 1.82) is 0 Å². The summed E-state index contributed by atoms with van der Waals surface area (Å²) in [5.74, 6) is 0. The highest BCUT2D eigenvalue weighted by Gasteiger charge is 2.26. The van der Waals surface area contributed by atoms with Gasteiger partial charge >= 0.3 is 6.09 Å². The molecule has 1 fully saturated rings. The van der Waals surface area contributed by atoms with Crippen LogP contribution in [0.1, 0.15) is 12.8 Å². The highest BCUT2D eigenvalue weighted by atomic mass is 16.6. The average molecular weight is 319 g/mol. The standard InChI is InChI=1S/C14H17N5O4/c1-17-8-9-6-13(19(22)23)12(7-11(9)16-17)18-4-2-10(3-5-18)15-14(20)21/h6-8,10,15H,2-5H2,1H3,(H,20,21). The first-order valence-electron chi connectivity index (χ1n) is 7.30. The van der Waals surface area contributed by atoms with Gasteiger partial charge in [0.25, 0.3) is 5.69 Å². The van der Waals surface area contributed by atoms with E-state index in [0.717, 1.165) is 5.39 Å². The molecule has 0 radical (unpaired) electrons. The Morgan fingerprint density at radius 2 is 2.13 bits per heavy atom. The molecule has 2 N–H and O–H groups in total. The van der Waals surface area contributed by atoms with Crippen molar-refractivity contribution in [2.75, 3.05) is 18.0 Å². The largest absolute Gasteiger partial charge is 0.465 e. The zero-order chi connectivity index (χ0) is 16.6. The number of nitro benzene ring substituents is 1. The molecule has 9 nitrogen and oxygen atoms in total. The number of carboxylic acid groups (broad SMARTS) is 1. The molecular weight excluding hydrogens is 302 g/mol. The van der Waals surface area contributed by atoms with E-state index >= 15 is 0 Å². The Hall–Kier alpha value is -2.84. The third-order valence-electron chi connectivity index (χ3n) is 4.08. The number of hydrogen-bond acceptors (Lipinski definition) is 5. The molecule has 2 heterocycles. The van der Waals surface area contributed by atoms with Crippen molar-refractivity contribution in [3.8, 4) is 0 Å². The van der Waals surface area contributed by atoms with Crippen LogP contribution in [-0.4, -0.2) is 45.0 Å². The zero-order valence-corrected chi connectivity index (χ0v) is 12.6. The molecule has 23 heavy (non-hydrogen) atoms. The molecule has 3 rings (SSSR count). The molecule has 0 aliphatic carbocycles. The molecule has 1 saturated heterocycles. The Labute approximate surface area is 131 Å². The molecule has 2 aromatic rings. The first-order valence-corrected chi connectivity index (χ1v) is 7.30. The second-order valence-electron chi connectivity index (χ2n) is 5.67. The number of benzene rings is 1. The van der Waals surface area contributed by atoms with Gasteiger partial charge in [0, 0.05) is 43.8 Å².